The molecule has 48 heavy (non-hydrogen) atoms. The molecule has 0 spiro atoms. The number of pyridine rings is 2. The SMILES string of the molecule is c1ccc(-c2ccc(-c3cc(-c4cccc(-c5cccc(-c6cccnc6)c5)c4)nc(-c4ccc(-c5cccnc5)cc4)n3)cc2)cc1. The Morgan fingerprint density at radius 1 is 0.271 bits per heavy atom. The Kier molecular flexibility index (Phi) is 7.87. The molecule has 0 atom stereocenters. The van der Waals surface area contributed by atoms with Crippen LogP contribution < -0.4 is 0 Å². The zero-order valence-corrected chi connectivity index (χ0v) is 26.1. The van der Waals surface area contributed by atoms with Gasteiger partial charge in [-0.05, 0) is 69.3 Å². The van der Waals surface area contributed by atoms with Gasteiger partial charge in [0.2, 0.25) is 0 Å². The van der Waals surface area contributed by atoms with Crippen LogP contribution in [-0.4, -0.2) is 19.9 Å². The van der Waals surface area contributed by atoms with Crippen LogP contribution in [0.3, 0.4) is 0 Å². The van der Waals surface area contributed by atoms with Crippen molar-refractivity contribution in [3.63, 3.8) is 0 Å². The summed E-state index contributed by atoms with van der Waals surface area (Å²) in [5, 5.41) is 0. The lowest BCUT2D eigenvalue weighted by Crippen LogP contribution is -1.96. The van der Waals surface area contributed by atoms with Gasteiger partial charge in [0.1, 0.15) is 0 Å². The Balaban J connectivity index is 1.20. The number of nitrogens with zero attached hydrogens (tertiary/aromatic N) is 4. The Hall–Kier alpha value is -6.52. The van der Waals surface area contributed by atoms with Crippen LogP contribution in [0.25, 0.3) is 78.4 Å². The number of hydrogen-bond acceptors (Lipinski definition) is 4. The molecule has 0 aliphatic carbocycles. The van der Waals surface area contributed by atoms with Crippen molar-refractivity contribution in [2.75, 3.05) is 0 Å². The van der Waals surface area contributed by atoms with Crippen LogP contribution in [0.4, 0.5) is 0 Å². The van der Waals surface area contributed by atoms with E-state index in [1.807, 2.05) is 30.6 Å². The van der Waals surface area contributed by atoms with Gasteiger partial charge in [-0.15, -0.1) is 0 Å². The first kappa shape index (κ1) is 28.9. The van der Waals surface area contributed by atoms with E-state index in [0.29, 0.717) is 5.82 Å². The van der Waals surface area contributed by atoms with Crippen molar-refractivity contribution >= 4 is 0 Å². The maximum Gasteiger partial charge on any atom is 0.160 e. The molecule has 3 heterocycles. The molecule has 0 N–H and O–H groups in total. The number of rotatable bonds is 7. The fourth-order valence-corrected chi connectivity index (χ4v) is 5.95. The normalized spacial score (nSPS) is 10.9. The molecule has 8 aromatic rings. The Morgan fingerprint density at radius 3 is 1.29 bits per heavy atom. The van der Waals surface area contributed by atoms with Crippen molar-refractivity contribution in [2.45, 2.75) is 0 Å². The van der Waals surface area contributed by atoms with Crippen LogP contribution in [0.5, 0.6) is 0 Å². The van der Waals surface area contributed by atoms with Gasteiger partial charge >= 0.3 is 0 Å². The summed E-state index contributed by atoms with van der Waals surface area (Å²) in [5.74, 6) is 0.677. The summed E-state index contributed by atoms with van der Waals surface area (Å²) in [6.07, 6.45) is 7.36. The molecule has 0 fully saturated rings. The minimum Gasteiger partial charge on any atom is -0.264 e. The summed E-state index contributed by atoms with van der Waals surface area (Å²) in [7, 11) is 0. The van der Waals surface area contributed by atoms with Gasteiger partial charge in [-0.25, -0.2) is 9.97 Å². The summed E-state index contributed by atoms with van der Waals surface area (Å²) in [5.41, 5.74) is 13.7. The van der Waals surface area contributed by atoms with Crippen molar-refractivity contribution < 1.29 is 0 Å². The molecule has 0 saturated carbocycles. The average Bonchev–Trinajstić information content (AvgIpc) is 3.19. The van der Waals surface area contributed by atoms with Gasteiger partial charge < -0.3 is 0 Å². The predicted molar refractivity (Wildman–Crippen MR) is 196 cm³/mol. The molecule has 4 nitrogen and oxygen atoms in total. The van der Waals surface area contributed by atoms with Gasteiger partial charge in [0, 0.05) is 47.0 Å². The maximum atomic E-state index is 5.14. The number of benzene rings is 5. The molecule has 226 valence electrons. The Morgan fingerprint density at radius 2 is 0.688 bits per heavy atom. The zero-order valence-electron chi connectivity index (χ0n) is 26.1. The van der Waals surface area contributed by atoms with E-state index in [1.54, 1.807) is 12.4 Å². The van der Waals surface area contributed by atoms with Gasteiger partial charge in [-0.2, -0.15) is 0 Å². The summed E-state index contributed by atoms with van der Waals surface area (Å²) in [4.78, 5) is 18.8. The third-order valence-corrected chi connectivity index (χ3v) is 8.50. The Labute approximate surface area is 280 Å². The molecule has 5 aromatic carbocycles. The fourth-order valence-electron chi connectivity index (χ4n) is 5.95. The summed E-state index contributed by atoms with van der Waals surface area (Å²) in [6, 6.07) is 54.7. The van der Waals surface area contributed by atoms with Crippen LogP contribution in [0.2, 0.25) is 0 Å². The van der Waals surface area contributed by atoms with E-state index in [1.165, 1.54) is 11.1 Å². The quantitative estimate of drug-likeness (QED) is 0.179. The second-order valence-corrected chi connectivity index (χ2v) is 11.6. The number of hydrogen-bond donors (Lipinski definition) is 0. The van der Waals surface area contributed by atoms with E-state index in [4.69, 9.17) is 9.97 Å². The van der Waals surface area contributed by atoms with E-state index in [0.717, 1.165) is 61.5 Å². The standard InChI is InChI=1S/C44H30N4/c1-2-8-31(9-3-1)32-16-20-34(21-17-32)42-28-43(48-44(47-42)35-22-18-33(19-23-35)40-14-6-24-45-29-40)39-13-5-11-37(27-39)36-10-4-12-38(26-36)41-15-7-25-46-30-41/h1-30H. The molecule has 3 aromatic heterocycles. The third-order valence-electron chi connectivity index (χ3n) is 8.50. The lowest BCUT2D eigenvalue weighted by Gasteiger charge is -2.12. The lowest BCUT2D eigenvalue weighted by molar-refractivity contribution is 1.18. The molecule has 0 radical (unpaired) electrons. The molecule has 8 rings (SSSR count). The molecular weight excluding hydrogens is 585 g/mol. The number of aromatic nitrogens is 4. The molecule has 0 amide bonds. The maximum absolute atomic E-state index is 5.14. The highest BCUT2D eigenvalue weighted by molar-refractivity contribution is 5.79. The third kappa shape index (κ3) is 6.15. The minimum absolute atomic E-state index is 0.677. The molecule has 4 heteroatoms. The first-order chi connectivity index (χ1) is 23.8. The van der Waals surface area contributed by atoms with Crippen LogP contribution in [0.15, 0.2) is 183 Å². The van der Waals surface area contributed by atoms with Gasteiger partial charge in [0.15, 0.2) is 5.82 Å². The lowest BCUT2D eigenvalue weighted by atomic mass is 9.97. The van der Waals surface area contributed by atoms with Crippen molar-refractivity contribution in [2.24, 2.45) is 0 Å². The Bertz CT molecular complexity index is 2200. The van der Waals surface area contributed by atoms with E-state index in [9.17, 15) is 0 Å². The second kappa shape index (κ2) is 13.1. The zero-order chi connectivity index (χ0) is 32.1. The molecular formula is C44H30N4. The van der Waals surface area contributed by atoms with Crippen molar-refractivity contribution in [3.05, 3.63) is 183 Å². The van der Waals surface area contributed by atoms with Crippen LogP contribution >= 0.6 is 0 Å². The van der Waals surface area contributed by atoms with Crippen LogP contribution in [0.1, 0.15) is 0 Å². The monoisotopic (exact) mass is 614 g/mol. The highest BCUT2D eigenvalue weighted by atomic mass is 14.9. The molecule has 0 unspecified atom stereocenters. The van der Waals surface area contributed by atoms with E-state index in [-0.39, 0.29) is 0 Å². The van der Waals surface area contributed by atoms with Crippen molar-refractivity contribution in [1.29, 1.82) is 0 Å². The van der Waals surface area contributed by atoms with E-state index >= 15 is 0 Å². The van der Waals surface area contributed by atoms with E-state index in [2.05, 4.69) is 149 Å². The molecule has 0 saturated heterocycles. The first-order valence-corrected chi connectivity index (χ1v) is 15.9. The molecule has 0 aliphatic heterocycles. The molecule has 0 bridgehead atoms. The van der Waals surface area contributed by atoms with Gasteiger partial charge in [-0.1, -0.05) is 127 Å². The van der Waals surface area contributed by atoms with Gasteiger partial charge in [0.25, 0.3) is 0 Å². The molecule has 0 aliphatic rings. The highest BCUT2D eigenvalue weighted by Gasteiger charge is 2.13. The van der Waals surface area contributed by atoms with Gasteiger partial charge in [0.05, 0.1) is 11.4 Å². The van der Waals surface area contributed by atoms with Crippen LogP contribution in [0, 0.1) is 0 Å². The minimum atomic E-state index is 0.677. The highest BCUT2D eigenvalue weighted by Crippen LogP contribution is 2.33. The summed E-state index contributed by atoms with van der Waals surface area (Å²) in [6.45, 7) is 0. The fraction of sp³-hybridized carbons (Fsp3) is 0. The van der Waals surface area contributed by atoms with E-state index < -0.39 is 0 Å². The second-order valence-electron chi connectivity index (χ2n) is 11.6. The van der Waals surface area contributed by atoms with Crippen molar-refractivity contribution in [1.82, 2.24) is 19.9 Å². The predicted octanol–water partition coefficient (Wildman–Crippen LogP) is 10.9. The van der Waals surface area contributed by atoms with Crippen molar-refractivity contribution in [3.8, 4) is 78.4 Å². The summed E-state index contributed by atoms with van der Waals surface area (Å²) >= 11 is 0. The largest absolute Gasteiger partial charge is 0.264 e. The van der Waals surface area contributed by atoms with Crippen LogP contribution in [-0.2, 0) is 0 Å². The summed E-state index contributed by atoms with van der Waals surface area (Å²) < 4.78 is 0. The first-order valence-electron chi connectivity index (χ1n) is 15.9. The van der Waals surface area contributed by atoms with Gasteiger partial charge in [-0.3, -0.25) is 9.97 Å². The smallest absolute Gasteiger partial charge is 0.160 e. The topological polar surface area (TPSA) is 51.6 Å². The average molecular weight is 615 g/mol.